The largest absolute Gasteiger partial charge is 0.547 e. The quantitative estimate of drug-likeness (QED) is 0.438. The number of hydrogen-bond donors (Lipinski definition) is 2. The molecule has 50 valence electrons. The fourth-order valence-electron chi connectivity index (χ4n) is 0.632. The van der Waals surface area contributed by atoms with Gasteiger partial charge in [0.1, 0.15) is 0 Å². The highest BCUT2D eigenvalue weighted by Gasteiger charge is 2.20. The van der Waals surface area contributed by atoms with E-state index >= 15 is 0 Å². The van der Waals surface area contributed by atoms with Crippen molar-refractivity contribution >= 4 is 12.9 Å². The van der Waals surface area contributed by atoms with Crippen molar-refractivity contribution in [2.24, 2.45) is 4.99 Å². The van der Waals surface area contributed by atoms with Gasteiger partial charge in [-0.05, 0) is 0 Å². The SMILES string of the molecule is OB(O)C1=NCCCO1. The molecule has 1 aliphatic heterocycles. The second kappa shape index (κ2) is 2.84. The summed E-state index contributed by atoms with van der Waals surface area (Å²) in [4.78, 5) is 3.72. The Balaban J connectivity index is 2.46. The minimum absolute atomic E-state index is 0.0428. The number of ether oxygens (including phenoxy) is 1. The zero-order valence-corrected chi connectivity index (χ0v) is 4.95. The second-order valence-corrected chi connectivity index (χ2v) is 1.80. The molecule has 0 aromatic carbocycles. The topological polar surface area (TPSA) is 62.0 Å². The zero-order chi connectivity index (χ0) is 6.69. The van der Waals surface area contributed by atoms with Crippen LogP contribution in [-0.4, -0.2) is 36.1 Å². The Hall–Kier alpha value is -0.545. The van der Waals surface area contributed by atoms with Crippen LogP contribution < -0.4 is 0 Å². The number of hydrogen-bond acceptors (Lipinski definition) is 4. The molecule has 0 spiro atoms. The molecule has 0 aliphatic carbocycles. The zero-order valence-electron chi connectivity index (χ0n) is 4.95. The van der Waals surface area contributed by atoms with Crippen molar-refractivity contribution in [2.45, 2.75) is 6.42 Å². The summed E-state index contributed by atoms with van der Waals surface area (Å²) in [5.74, 6) is 0.0428. The number of nitrogens with zero attached hydrogens (tertiary/aromatic N) is 1. The second-order valence-electron chi connectivity index (χ2n) is 1.80. The summed E-state index contributed by atoms with van der Waals surface area (Å²) in [7, 11) is -1.54. The third-order valence-electron chi connectivity index (χ3n) is 1.04. The first-order valence-corrected chi connectivity index (χ1v) is 2.84. The summed E-state index contributed by atoms with van der Waals surface area (Å²) in [6.07, 6.45) is 0.857. The molecule has 0 bridgehead atoms. The van der Waals surface area contributed by atoms with Crippen molar-refractivity contribution in [3.63, 3.8) is 0 Å². The monoisotopic (exact) mass is 129 g/mol. The first kappa shape index (κ1) is 6.57. The van der Waals surface area contributed by atoms with E-state index in [-0.39, 0.29) is 5.80 Å². The molecule has 0 unspecified atom stereocenters. The Bertz CT molecular complexity index is 125. The van der Waals surface area contributed by atoms with Crippen molar-refractivity contribution in [2.75, 3.05) is 13.2 Å². The maximum Gasteiger partial charge on any atom is 0.547 e. The van der Waals surface area contributed by atoms with Crippen LogP contribution in [0.25, 0.3) is 0 Å². The average Bonchev–Trinajstić information content (AvgIpc) is 1.90. The molecule has 5 heteroatoms. The van der Waals surface area contributed by atoms with E-state index in [9.17, 15) is 0 Å². The van der Waals surface area contributed by atoms with Gasteiger partial charge < -0.3 is 14.8 Å². The van der Waals surface area contributed by atoms with Crippen LogP contribution in [0.5, 0.6) is 0 Å². The van der Waals surface area contributed by atoms with Gasteiger partial charge in [-0.1, -0.05) is 0 Å². The van der Waals surface area contributed by atoms with Crippen molar-refractivity contribution in [1.82, 2.24) is 0 Å². The first-order valence-electron chi connectivity index (χ1n) is 2.84. The summed E-state index contributed by atoms with van der Waals surface area (Å²) < 4.78 is 4.79. The molecule has 0 aromatic heterocycles. The van der Waals surface area contributed by atoms with Gasteiger partial charge in [-0.2, -0.15) is 0 Å². The van der Waals surface area contributed by atoms with Crippen LogP contribution in [0.1, 0.15) is 6.42 Å². The summed E-state index contributed by atoms with van der Waals surface area (Å²) in [6, 6.07) is 0. The van der Waals surface area contributed by atoms with Crippen molar-refractivity contribution in [1.29, 1.82) is 0 Å². The van der Waals surface area contributed by atoms with E-state index in [1.807, 2.05) is 0 Å². The minimum atomic E-state index is -1.54. The maximum absolute atomic E-state index is 8.48. The molecule has 0 fully saturated rings. The predicted molar refractivity (Wildman–Crippen MR) is 33.1 cm³/mol. The summed E-state index contributed by atoms with van der Waals surface area (Å²) in [5.41, 5.74) is 0. The molecule has 9 heavy (non-hydrogen) atoms. The smallest absolute Gasteiger partial charge is 0.484 e. The summed E-state index contributed by atoms with van der Waals surface area (Å²) in [6.45, 7) is 1.17. The fraction of sp³-hybridized carbons (Fsp3) is 0.750. The molecule has 0 saturated heterocycles. The Morgan fingerprint density at radius 3 is 2.67 bits per heavy atom. The fourth-order valence-corrected chi connectivity index (χ4v) is 0.632. The van der Waals surface area contributed by atoms with Gasteiger partial charge in [0, 0.05) is 13.0 Å². The lowest BCUT2D eigenvalue weighted by Crippen LogP contribution is -2.31. The molecule has 1 rings (SSSR count). The third kappa shape index (κ3) is 1.69. The molecule has 0 saturated carbocycles. The third-order valence-corrected chi connectivity index (χ3v) is 1.04. The van der Waals surface area contributed by atoms with Gasteiger partial charge in [0.2, 0.25) is 5.80 Å². The van der Waals surface area contributed by atoms with Gasteiger partial charge >= 0.3 is 7.12 Å². The van der Waals surface area contributed by atoms with E-state index in [0.29, 0.717) is 13.2 Å². The lowest BCUT2D eigenvalue weighted by Gasteiger charge is -2.11. The number of rotatable bonds is 1. The Morgan fingerprint density at radius 1 is 1.56 bits per heavy atom. The standard InChI is InChI=1S/C4H8BNO3/c7-5(8)4-6-2-1-3-9-4/h7-8H,1-3H2. The molecule has 0 aromatic rings. The van der Waals surface area contributed by atoms with Crippen LogP contribution >= 0.6 is 0 Å². The number of aliphatic imine (C=N–C) groups is 1. The predicted octanol–water partition coefficient (Wildman–Crippen LogP) is -1.18. The normalized spacial score (nSPS) is 18.2. The van der Waals surface area contributed by atoms with E-state index in [2.05, 4.69) is 4.99 Å². The molecule has 4 nitrogen and oxygen atoms in total. The van der Waals surface area contributed by atoms with Gasteiger partial charge in [-0.15, -0.1) is 0 Å². The van der Waals surface area contributed by atoms with Gasteiger partial charge in [0.05, 0.1) is 6.61 Å². The van der Waals surface area contributed by atoms with E-state index in [1.165, 1.54) is 0 Å². The summed E-state index contributed by atoms with van der Waals surface area (Å²) in [5, 5.41) is 17.0. The molecule has 0 radical (unpaired) electrons. The highest BCUT2D eigenvalue weighted by atomic mass is 16.5. The van der Waals surface area contributed by atoms with E-state index in [4.69, 9.17) is 14.8 Å². The molecule has 0 atom stereocenters. The van der Waals surface area contributed by atoms with Crippen LogP contribution in [0.15, 0.2) is 4.99 Å². The van der Waals surface area contributed by atoms with Crippen LogP contribution in [0.2, 0.25) is 0 Å². The molecular weight excluding hydrogens is 121 g/mol. The Morgan fingerprint density at radius 2 is 2.33 bits per heavy atom. The van der Waals surface area contributed by atoms with Crippen LogP contribution in [0.3, 0.4) is 0 Å². The summed E-state index contributed by atoms with van der Waals surface area (Å²) >= 11 is 0. The van der Waals surface area contributed by atoms with Gasteiger partial charge in [-0.25, -0.2) is 0 Å². The van der Waals surface area contributed by atoms with Crippen molar-refractivity contribution < 1.29 is 14.8 Å². The molecule has 0 amide bonds. The van der Waals surface area contributed by atoms with Crippen LogP contribution in [0.4, 0.5) is 0 Å². The van der Waals surface area contributed by atoms with Gasteiger partial charge in [0.15, 0.2) is 0 Å². The molecular formula is C4H8BNO3. The molecule has 1 heterocycles. The lowest BCUT2D eigenvalue weighted by molar-refractivity contribution is 0.275. The highest BCUT2D eigenvalue weighted by Crippen LogP contribution is 1.96. The minimum Gasteiger partial charge on any atom is -0.484 e. The average molecular weight is 129 g/mol. The van der Waals surface area contributed by atoms with E-state index in [1.54, 1.807) is 0 Å². The van der Waals surface area contributed by atoms with Crippen LogP contribution in [0, 0.1) is 0 Å². The van der Waals surface area contributed by atoms with Gasteiger partial charge in [-0.3, -0.25) is 4.99 Å². The highest BCUT2D eigenvalue weighted by molar-refractivity contribution is 6.78. The first-order chi connectivity index (χ1) is 4.30. The van der Waals surface area contributed by atoms with Crippen molar-refractivity contribution in [3.05, 3.63) is 0 Å². The molecule has 2 N–H and O–H groups in total. The lowest BCUT2D eigenvalue weighted by atomic mass is 9.91. The maximum atomic E-state index is 8.48. The Labute approximate surface area is 53.3 Å². The van der Waals surface area contributed by atoms with E-state index < -0.39 is 7.12 Å². The Kier molecular flexibility index (Phi) is 2.08. The van der Waals surface area contributed by atoms with Gasteiger partial charge in [0.25, 0.3) is 0 Å². The molecule has 1 aliphatic rings. The van der Waals surface area contributed by atoms with E-state index in [0.717, 1.165) is 6.42 Å². The van der Waals surface area contributed by atoms with Crippen LogP contribution in [-0.2, 0) is 4.74 Å². The van der Waals surface area contributed by atoms with Crippen molar-refractivity contribution in [3.8, 4) is 0 Å².